The molecule has 1 amide bonds. The molecular formula is C14H24N4O2S. The van der Waals surface area contributed by atoms with Crippen molar-refractivity contribution in [2.75, 3.05) is 31.3 Å². The molecule has 1 aromatic rings. The highest BCUT2D eigenvalue weighted by Crippen LogP contribution is 2.29. The van der Waals surface area contributed by atoms with Crippen LogP contribution in [0, 0.1) is 0 Å². The fraction of sp³-hybridized carbons (Fsp3) is 0.714. The quantitative estimate of drug-likeness (QED) is 0.894. The molecule has 0 aliphatic carbocycles. The van der Waals surface area contributed by atoms with E-state index in [1.807, 2.05) is 27.8 Å². The Morgan fingerprint density at radius 3 is 2.62 bits per heavy atom. The van der Waals surface area contributed by atoms with Gasteiger partial charge in [0.05, 0.1) is 0 Å². The van der Waals surface area contributed by atoms with Crippen molar-refractivity contribution in [2.45, 2.75) is 45.2 Å². The first-order valence-electron chi connectivity index (χ1n) is 7.17. The van der Waals surface area contributed by atoms with Crippen molar-refractivity contribution in [2.24, 2.45) is 0 Å². The number of anilines is 2. The second kappa shape index (κ2) is 6.19. The number of carbonyl (C=O) groups is 1. The van der Waals surface area contributed by atoms with Gasteiger partial charge in [0.1, 0.15) is 10.7 Å². The molecule has 6 nitrogen and oxygen atoms in total. The molecule has 1 aliphatic rings. The average molecular weight is 312 g/mol. The second-order valence-electron chi connectivity index (χ2n) is 6.37. The van der Waals surface area contributed by atoms with Crippen molar-refractivity contribution < 1.29 is 9.53 Å². The molecule has 1 aliphatic heterocycles. The molecular weight excluding hydrogens is 288 g/mol. The number of nitrogen functional groups attached to an aromatic ring is 1. The second-order valence-corrected chi connectivity index (χ2v) is 7.37. The fourth-order valence-electron chi connectivity index (χ4n) is 2.26. The van der Waals surface area contributed by atoms with Crippen molar-refractivity contribution in [1.82, 2.24) is 9.88 Å². The number of thiazole rings is 1. The summed E-state index contributed by atoms with van der Waals surface area (Å²) in [5.41, 5.74) is 5.80. The van der Waals surface area contributed by atoms with Crippen LogP contribution in [0.3, 0.4) is 0 Å². The summed E-state index contributed by atoms with van der Waals surface area (Å²) in [6.45, 7) is 7.54. The van der Waals surface area contributed by atoms with Crippen molar-refractivity contribution in [3.63, 3.8) is 0 Å². The van der Waals surface area contributed by atoms with Crippen molar-refractivity contribution in [1.29, 1.82) is 0 Å². The summed E-state index contributed by atoms with van der Waals surface area (Å²) >= 11 is 1.32. The largest absolute Gasteiger partial charge is 0.382 e. The molecule has 2 heterocycles. The van der Waals surface area contributed by atoms with Crippen LogP contribution < -0.4 is 11.1 Å². The first kappa shape index (κ1) is 16.0. The van der Waals surface area contributed by atoms with E-state index in [9.17, 15) is 4.79 Å². The highest BCUT2D eigenvalue weighted by Gasteiger charge is 2.27. The maximum atomic E-state index is 12.6. The maximum Gasteiger partial charge on any atom is 0.267 e. The standard InChI is InChI=1S/C14H24N4O2S/c1-14(2,3)17-13-16-11(15)10(21-13)12(19)18(4)9-5-7-20-8-6-9/h9H,5-8,15H2,1-4H3,(H,16,17). The molecule has 7 heteroatoms. The Morgan fingerprint density at radius 1 is 1.43 bits per heavy atom. The lowest BCUT2D eigenvalue weighted by Gasteiger charge is -2.30. The van der Waals surface area contributed by atoms with Crippen LogP contribution in [-0.4, -0.2) is 47.6 Å². The summed E-state index contributed by atoms with van der Waals surface area (Å²) in [6.07, 6.45) is 1.74. The zero-order chi connectivity index (χ0) is 15.6. The molecule has 0 unspecified atom stereocenters. The van der Waals surface area contributed by atoms with Crippen LogP contribution in [0.15, 0.2) is 0 Å². The van der Waals surface area contributed by atoms with E-state index < -0.39 is 0 Å². The molecule has 3 N–H and O–H groups in total. The molecule has 1 aromatic heterocycles. The summed E-state index contributed by atoms with van der Waals surface area (Å²) in [7, 11) is 1.83. The molecule has 0 bridgehead atoms. The molecule has 0 radical (unpaired) electrons. The van der Waals surface area contributed by atoms with Crippen molar-refractivity contribution in [3.05, 3.63) is 4.88 Å². The van der Waals surface area contributed by atoms with E-state index in [1.54, 1.807) is 4.90 Å². The minimum absolute atomic E-state index is 0.0566. The van der Waals surface area contributed by atoms with Gasteiger partial charge in [0.25, 0.3) is 5.91 Å². The number of carbonyl (C=O) groups excluding carboxylic acids is 1. The van der Waals surface area contributed by atoms with Gasteiger partial charge in [-0.05, 0) is 33.6 Å². The van der Waals surface area contributed by atoms with E-state index in [4.69, 9.17) is 10.5 Å². The van der Waals surface area contributed by atoms with Crippen LogP contribution >= 0.6 is 11.3 Å². The molecule has 0 saturated carbocycles. The number of nitrogens with zero attached hydrogens (tertiary/aromatic N) is 2. The zero-order valence-corrected chi connectivity index (χ0v) is 13.9. The normalized spacial score (nSPS) is 16.8. The lowest BCUT2D eigenvalue weighted by molar-refractivity contribution is 0.0365. The van der Waals surface area contributed by atoms with Gasteiger partial charge in [-0.3, -0.25) is 4.79 Å². The van der Waals surface area contributed by atoms with Gasteiger partial charge in [-0.2, -0.15) is 0 Å². The first-order valence-corrected chi connectivity index (χ1v) is 7.99. The third kappa shape index (κ3) is 4.07. The van der Waals surface area contributed by atoms with E-state index in [-0.39, 0.29) is 17.5 Å². The Bertz CT molecular complexity index is 504. The van der Waals surface area contributed by atoms with E-state index in [2.05, 4.69) is 10.3 Å². The van der Waals surface area contributed by atoms with E-state index in [0.29, 0.717) is 29.0 Å². The number of nitrogens with two attached hydrogens (primary N) is 1. The smallest absolute Gasteiger partial charge is 0.267 e. The molecule has 118 valence electrons. The highest BCUT2D eigenvalue weighted by molar-refractivity contribution is 7.18. The summed E-state index contributed by atoms with van der Waals surface area (Å²) in [5, 5.41) is 3.94. The van der Waals surface area contributed by atoms with Gasteiger partial charge in [0, 0.05) is 31.8 Å². The van der Waals surface area contributed by atoms with Gasteiger partial charge in [0.2, 0.25) is 0 Å². The third-order valence-corrected chi connectivity index (χ3v) is 4.36. The molecule has 1 saturated heterocycles. The number of nitrogens with one attached hydrogen (secondary N) is 1. The molecule has 21 heavy (non-hydrogen) atoms. The van der Waals surface area contributed by atoms with Crippen LogP contribution in [0.4, 0.5) is 10.9 Å². The Balaban J connectivity index is 2.11. The highest BCUT2D eigenvalue weighted by atomic mass is 32.1. The van der Waals surface area contributed by atoms with E-state index in [0.717, 1.165) is 12.8 Å². The maximum absolute atomic E-state index is 12.6. The van der Waals surface area contributed by atoms with Crippen molar-refractivity contribution >= 4 is 28.2 Å². The number of aromatic nitrogens is 1. The number of amides is 1. The minimum atomic E-state index is -0.114. The Morgan fingerprint density at radius 2 is 2.05 bits per heavy atom. The van der Waals surface area contributed by atoms with Gasteiger partial charge >= 0.3 is 0 Å². The average Bonchev–Trinajstić information content (AvgIpc) is 2.76. The molecule has 0 spiro atoms. The van der Waals surface area contributed by atoms with Crippen LogP contribution in [0.5, 0.6) is 0 Å². The summed E-state index contributed by atoms with van der Waals surface area (Å²) in [6, 6.07) is 0.215. The molecule has 1 fully saturated rings. The Labute approximate surface area is 129 Å². The lowest BCUT2D eigenvalue weighted by Crippen LogP contribution is -2.40. The van der Waals surface area contributed by atoms with Gasteiger partial charge in [-0.25, -0.2) is 4.98 Å². The van der Waals surface area contributed by atoms with Crippen LogP contribution in [0.25, 0.3) is 0 Å². The summed E-state index contributed by atoms with van der Waals surface area (Å²) in [5.74, 6) is 0.245. The third-order valence-electron chi connectivity index (χ3n) is 3.39. The Hall–Kier alpha value is -1.34. The predicted molar refractivity (Wildman–Crippen MR) is 85.8 cm³/mol. The number of ether oxygens (including phenoxy) is 1. The fourth-order valence-corrected chi connectivity index (χ4v) is 3.33. The topological polar surface area (TPSA) is 80.5 Å². The molecule has 0 aromatic carbocycles. The molecule has 2 rings (SSSR count). The summed E-state index contributed by atoms with van der Waals surface area (Å²) in [4.78, 5) is 19.1. The van der Waals surface area contributed by atoms with Gasteiger partial charge in [-0.15, -0.1) is 0 Å². The first-order chi connectivity index (χ1) is 9.78. The Kier molecular flexibility index (Phi) is 4.73. The van der Waals surface area contributed by atoms with Gasteiger partial charge in [0.15, 0.2) is 5.13 Å². The van der Waals surface area contributed by atoms with Gasteiger partial charge < -0.3 is 20.7 Å². The van der Waals surface area contributed by atoms with E-state index in [1.165, 1.54) is 11.3 Å². The van der Waals surface area contributed by atoms with Gasteiger partial charge in [-0.1, -0.05) is 11.3 Å². The SMILES string of the molecule is CN(C(=O)c1sc(NC(C)(C)C)nc1N)C1CCOCC1. The van der Waals surface area contributed by atoms with Crippen LogP contribution in [0.1, 0.15) is 43.3 Å². The lowest BCUT2D eigenvalue weighted by atomic mass is 10.1. The monoisotopic (exact) mass is 312 g/mol. The van der Waals surface area contributed by atoms with Crippen LogP contribution in [-0.2, 0) is 4.74 Å². The number of hydrogen-bond donors (Lipinski definition) is 2. The number of hydrogen-bond acceptors (Lipinski definition) is 6. The van der Waals surface area contributed by atoms with Crippen molar-refractivity contribution in [3.8, 4) is 0 Å². The predicted octanol–water partition coefficient (Wildman–Crippen LogP) is 2.19. The van der Waals surface area contributed by atoms with E-state index >= 15 is 0 Å². The zero-order valence-electron chi connectivity index (χ0n) is 13.1. The van der Waals surface area contributed by atoms with Crippen LogP contribution in [0.2, 0.25) is 0 Å². The molecule has 0 atom stereocenters. The summed E-state index contributed by atoms with van der Waals surface area (Å²) < 4.78 is 5.34. The minimum Gasteiger partial charge on any atom is -0.382 e. The number of rotatable bonds is 3.